The fourth-order valence-corrected chi connectivity index (χ4v) is 2.95. The van der Waals surface area contributed by atoms with Crippen LogP contribution in [0.1, 0.15) is 20.3 Å². The van der Waals surface area contributed by atoms with Crippen molar-refractivity contribution in [3.63, 3.8) is 0 Å². The molecule has 0 radical (unpaired) electrons. The lowest BCUT2D eigenvalue weighted by atomic mass is 10.3. The van der Waals surface area contributed by atoms with Crippen LogP contribution in [0.25, 0.3) is 0 Å². The monoisotopic (exact) mass is 285 g/mol. The quantitative estimate of drug-likeness (QED) is 0.600. The van der Waals surface area contributed by atoms with Crippen LogP contribution in [0.15, 0.2) is 29.2 Å². The second-order valence-corrected chi connectivity index (χ2v) is 5.87. The highest BCUT2D eigenvalue weighted by Crippen LogP contribution is 2.20. The van der Waals surface area contributed by atoms with E-state index in [0.717, 1.165) is 26.1 Å². The molecule has 0 aromatic heterocycles. The number of sulfonamides is 1. The first-order chi connectivity index (χ1) is 9.11. The molecule has 0 unspecified atom stereocenters. The summed E-state index contributed by atoms with van der Waals surface area (Å²) in [4.78, 5) is 0.306. The van der Waals surface area contributed by atoms with Crippen LogP contribution in [-0.2, 0) is 10.0 Å². The zero-order valence-electron chi connectivity index (χ0n) is 11.6. The van der Waals surface area contributed by atoms with Crippen LogP contribution < -0.4 is 15.4 Å². The molecule has 0 aliphatic rings. The van der Waals surface area contributed by atoms with Gasteiger partial charge in [-0.2, -0.15) is 0 Å². The maximum Gasteiger partial charge on any atom is 0.242 e. The normalized spacial score (nSPS) is 11.5. The Morgan fingerprint density at radius 2 is 1.79 bits per heavy atom. The Morgan fingerprint density at radius 3 is 2.47 bits per heavy atom. The van der Waals surface area contributed by atoms with Gasteiger partial charge in [-0.05, 0) is 31.6 Å². The summed E-state index contributed by atoms with van der Waals surface area (Å²) in [6.07, 6.45) is 0.948. The highest BCUT2D eigenvalue weighted by Gasteiger charge is 2.16. The lowest BCUT2D eigenvalue weighted by Gasteiger charge is -2.12. The van der Waals surface area contributed by atoms with Crippen LogP contribution in [0, 0.1) is 0 Å². The number of nitrogens with one attached hydrogen (secondary N) is 3. The van der Waals surface area contributed by atoms with Gasteiger partial charge in [-0.15, -0.1) is 0 Å². The molecule has 0 atom stereocenters. The smallest absolute Gasteiger partial charge is 0.242 e. The van der Waals surface area contributed by atoms with Gasteiger partial charge in [-0.1, -0.05) is 26.0 Å². The predicted octanol–water partition coefficient (Wildman–Crippen LogP) is 1.40. The molecule has 1 aromatic rings. The SMILES string of the molecule is CCNCCCNc1ccccc1S(=O)(=O)NCC. The average molecular weight is 285 g/mol. The minimum atomic E-state index is -3.42. The van der Waals surface area contributed by atoms with E-state index < -0.39 is 10.0 Å². The second kappa shape index (κ2) is 8.14. The zero-order valence-corrected chi connectivity index (χ0v) is 12.4. The van der Waals surface area contributed by atoms with Crippen molar-refractivity contribution in [1.29, 1.82) is 0 Å². The number of rotatable bonds is 9. The van der Waals surface area contributed by atoms with E-state index in [1.807, 2.05) is 6.07 Å². The van der Waals surface area contributed by atoms with Crippen LogP contribution in [0.4, 0.5) is 5.69 Å². The van der Waals surface area contributed by atoms with Crippen molar-refractivity contribution in [2.75, 3.05) is 31.5 Å². The van der Waals surface area contributed by atoms with Gasteiger partial charge < -0.3 is 10.6 Å². The Hall–Kier alpha value is -1.11. The third kappa shape index (κ3) is 5.18. The molecule has 0 amide bonds. The molecule has 1 aromatic carbocycles. The first kappa shape index (κ1) is 15.9. The topological polar surface area (TPSA) is 70.2 Å². The molecule has 1 rings (SSSR count). The molecule has 0 aliphatic heterocycles. The highest BCUT2D eigenvalue weighted by molar-refractivity contribution is 7.89. The van der Waals surface area contributed by atoms with Gasteiger partial charge >= 0.3 is 0 Å². The maximum absolute atomic E-state index is 12.0. The molecule has 0 saturated carbocycles. The van der Waals surface area contributed by atoms with E-state index in [-0.39, 0.29) is 0 Å². The van der Waals surface area contributed by atoms with Gasteiger partial charge in [0, 0.05) is 13.1 Å². The largest absolute Gasteiger partial charge is 0.384 e. The van der Waals surface area contributed by atoms with Crippen LogP contribution >= 0.6 is 0 Å². The summed E-state index contributed by atoms with van der Waals surface area (Å²) in [6.45, 7) is 6.83. The van der Waals surface area contributed by atoms with Crippen molar-refractivity contribution in [1.82, 2.24) is 10.0 Å². The Kier molecular flexibility index (Phi) is 6.83. The van der Waals surface area contributed by atoms with E-state index in [1.54, 1.807) is 25.1 Å². The molecule has 3 N–H and O–H groups in total. The van der Waals surface area contributed by atoms with Crippen LogP contribution in [0.5, 0.6) is 0 Å². The van der Waals surface area contributed by atoms with Crippen molar-refractivity contribution in [3.05, 3.63) is 24.3 Å². The van der Waals surface area contributed by atoms with E-state index in [2.05, 4.69) is 22.3 Å². The number of para-hydroxylation sites is 1. The second-order valence-electron chi connectivity index (χ2n) is 4.13. The molecule has 0 aliphatic carbocycles. The van der Waals surface area contributed by atoms with Gasteiger partial charge in [0.2, 0.25) is 10.0 Å². The molecule has 19 heavy (non-hydrogen) atoms. The van der Waals surface area contributed by atoms with Crippen LogP contribution in [0.3, 0.4) is 0 Å². The van der Waals surface area contributed by atoms with Crippen molar-refractivity contribution in [3.8, 4) is 0 Å². The highest BCUT2D eigenvalue weighted by atomic mass is 32.2. The Morgan fingerprint density at radius 1 is 1.05 bits per heavy atom. The van der Waals surface area contributed by atoms with Crippen molar-refractivity contribution < 1.29 is 8.42 Å². The molecule has 5 nitrogen and oxygen atoms in total. The number of hydrogen-bond donors (Lipinski definition) is 3. The van der Waals surface area contributed by atoms with Gasteiger partial charge in [0.15, 0.2) is 0 Å². The van der Waals surface area contributed by atoms with Crippen LogP contribution in [-0.4, -0.2) is 34.6 Å². The summed E-state index contributed by atoms with van der Waals surface area (Å²) < 4.78 is 26.6. The van der Waals surface area contributed by atoms with Gasteiger partial charge in [0.25, 0.3) is 0 Å². The molecular weight excluding hydrogens is 262 g/mol. The summed E-state index contributed by atoms with van der Waals surface area (Å²) in [6, 6.07) is 6.97. The van der Waals surface area contributed by atoms with Gasteiger partial charge in [0.1, 0.15) is 4.90 Å². The predicted molar refractivity (Wildman–Crippen MR) is 79.0 cm³/mol. The number of anilines is 1. The number of benzene rings is 1. The molecule has 0 saturated heterocycles. The van der Waals surface area contributed by atoms with Crippen molar-refractivity contribution in [2.45, 2.75) is 25.2 Å². The zero-order chi connectivity index (χ0) is 14.1. The van der Waals surface area contributed by atoms with Crippen molar-refractivity contribution >= 4 is 15.7 Å². The molecule has 108 valence electrons. The van der Waals surface area contributed by atoms with Gasteiger partial charge in [-0.3, -0.25) is 0 Å². The van der Waals surface area contributed by atoms with E-state index in [0.29, 0.717) is 17.1 Å². The first-order valence-electron chi connectivity index (χ1n) is 6.65. The molecule has 6 heteroatoms. The van der Waals surface area contributed by atoms with Crippen molar-refractivity contribution in [2.24, 2.45) is 0 Å². The molecular formula is C13H23N3O2S. The molecule has 0 bridgehead atoms. The fourth-order valence-electron chi connectivity index (χ4n) is 1.73. The van der Waals surface area contributed by atoms with E-state index >= 15 is 0 Å². The average Bonchev–Trinajstić information content (AvgIpc) is 2.39. The summed E-state index contributed by atoms with van der Waals surface area (Å²) >= 11 is 0. The Labute approximate surface area is 115 Å². The van der Waals surface area contributed by atoms with E-state index in [4.69, 9.17) is 0 Å². The number of hydrogen-bond acceptors (Lipinski definition) is 4. The lowest BCUT2D eigenvalue weighted by Crippen LogP contribution is -2.24. The first-order valence-corrected chi connectivity index (χ1v) is 8.13. The molecule has 0 fully saturated rings. The fraction of sp³-hybridized carbons (Fsp3) is 0.538. The Bertz CT molecular complexity index is 475. The standard InChI is InChI=1S/C13H23N3O2S/c1-3-14-10-7-11-15-12-8-5-6-9-13(12)19(17,18)16-4-2/h5-6,8-9,14-16H,3-4,7,10-11H2,1-2H3. The lowest BCUT2D eigenvalue weighted by molar-refractivity contribution is 0.584. The summed E-state index contributed by atoms with van der Waals surface area (Å²) in [5.74, 6) is 0. The Balaban J connectivity index is 2.68. The summed E-state index contributed by atoms with van der Waals surface area (Å²) in [5, 5.41) is 6.41. The minimum Gasteiger partial charge on any atom is -0.384 e. The summed E-state index contributed by atoms with van der Waals surface area (Å²) in [5.41, 5.74) is 0.653. The van der Waals surface area contributed by atoms with E-state index in [1.165, 1.54) is 0 Å². The maximum atomic E-state index is 12.0. The molecule has 0 spiro atoms. The summed E-state index contributed by atoms with van der Waals surface area (Å²) in [7, 11) is -3.42. The third-order valence-corrected chi connectivity index (χ3v) is 4.21. The molecule has 0 heterocycles. The van der Waals surface area contributed by atoms with Gasteiger partial charge in [0.05, 0.1) is 5.69 Å². The van der Waals surface area contributed by atoms with Crippen LogP contribution in [0.2, 0.25) is 0 Å². The third-order valence-electron chi connectivity index (χ3n) is 2.61. The van der Waals surface area contributed by atoms with Gasteiger partial charge in [-0.25, -0.2) is 13.1 Å². The minimum absolute atomic E-state index is 0.306. The van der Waals surface area contributed by atoms with E-state index in [9.17, 15) is 8.42 Å².